The van der Waals surface area contributed by atoms with E-state index in [1.165, 1.54) is 19.3 Å². The van der Waals surface area contributed by atoms with Crippen LogP contribution >= 0.6 is 15.9 Å². The summed E-state index contributed by atoms with van der Waals surface area (Å²) >= 11 is 3.33. The lowest BCUT2D eigenvalue weighted by molar-refractivity contribution is 0.203. The second-order valence-electron chi connectivity index (χ2n) is 6.53. The van der Waals surface area contributed by atoms with E-state index in [1.807, 2.05) is 0 Å². The average molecular weight is 454 g/mol. The second kappa shape index (κ2) is 9.52. The molecule has 1 aromatic carbocycles. The number of benzene rings is 1. The van der Waals surface area contributed by atoms with Crippen molar-refractivity contribution in [1.29, 1.82) is 0 Å². The lowest BCUT2D eigenvalue weighted by Crippen LogP contribution is -2.31. The smallest absolute Gasteiger partial charge is 0.262 e. The molecule has 27 heavy (non-hydrogen) atoms. The van der Waals surface area contributed by atoms with E-state index in [1.54, 1.807) is 42.6 Å². The third kappa shape index (κ3) is 5.92. The molecule has 1 aliphatic rings. The maximum absolute atomic E-state index is 12.6. The number of sulfonamides is 1. The van der Waals surface area contributed by atoms with Crippen molar-refractivity contribution >= 4 is 31.6 Å². The van der Waals surface area contributed by atoms with Crippen LogP contribution in [0.3, 0.4) is 0 Å². The van der Waals surface area contributed by atoms with Crippen LogP contribution in [0.25, 0.3) is 0 Å². The highest BCUT2D eigenvalue weighted by Gasteiger charge is 2.17. The van der Waals surface area contributed by atoms with Crippen molar-refractivity contribution in [2.45, 2.75) is 30.6 Å². The van der Waals surface area contributed by atoms with Gasteiger partial charge in [0, 0.05) is 17.2 Å². The molecule has 6 nitrogen and oxygen atoms in total. The van der Waals surface area contributed by atoms with E-state index in [4.69, 9.17) is 4.74 Å². The minimum atomic E-state index is -3.70. The molecule has 0 bridgehead atoms. The molecule has 3 rings (SSSR count). The van der Waals surface area contributed by atoms with Gasteiger partial charge in [-0.2, -0.15) is 0 Å². The molecular formula is C19H24BrN3O3S. The number of hydrogen-bond donors (Lipinski definition) is 1. The fourth-order valence-electron chi connectivity index (χ4n) is 3.06. The number of halogens is 1. The maximum Gasteiger partial charge on any atom is 0.262 e. The van der Waals surface area contributed by atoms with Crippen molar-refractivity contribution in [1.82, 2.24) is 9.88 Å². The van der Waals surface area contributed by atoms with Gasteiger partial charge in [0.2, 0.25) is 5.88 Å². The molecule has 2 heterocycles. The molecule has 0 amide bonds. The Bertz CT molecular complexity index is 841. The predicted octanol–water partition coefficient (Wildman–Crippen LogP) is 3.90. The van der Waals surface area contributed by atoms with Crippen molar-refractivity contribution in [2.75, 3.05) is 31.0 Å². The van der Waals surface area contributed by atoms with Crippen molar-refractivity contribution in [3.63, 3.8) is 0 Å². The van der Waals surface area contributed by atoms with Crippen LogP contribution in [-0.4, -0.2) is 44.5 Å². The molecule has 0 unspecified atom stereocenters. The number of piperidine rings is 1. The number of hydrogen-bond acceptors (Lipinski definition) is 5. The molecule has 8 heteroatoms. The van der Waals surface area contributed by atoms with Gasteiger partial charge in [0.05, 0.1) is 11.5 Å². The fraction of sp³-hybridized carbons (Fsp3) is 0.421. The fourth-order valence-corrected chi connectivity index (χ4v) is 4.46. The van der Waals surface area contributed by atoms with Crippen molar-refractivity contribution in [3.8, 4) is 5.88 Å². The van der Waals surface area contributed by atoms with Gasteiger partial charge in [-0.15, -0.1) is 0 Å². The highest BCUT2D eigenvalue weighted by atomic mass is 79.9. The van der Waals surface area contributed by atoms with E-state index in [0.29, 0.717) is 16.8 Å². The van der Waals surface area contributed by atoms with Crippen molar-refractivity contribution < 1.29 is 13.2 Å². The number of anilines is 1. The average Bonchev–Trinajstić information content (AvgIpc) is 2.68. The highest BCUT2D eigenvalue weighted by Crippen LogP contribution is 2.28. The molecule has 146 valence electrons. The summed E-state index contributed by atoms with van der Waals surface area (Å²) in [7, 11) is -3.70. The molecule has 0 saturated carbocycles. The van der Waals surface area contributed by atoms with Crippen molar-refractivity contribution in [2.24, 2.45) is 0 Å². The molecule has 1 aliphatic heterocycles. The zero-order chi connectivity index (χ0) is 19.1. The summed E-state index contributed by atoms with van der Waals surface area (Å²) in [5.74, 6) is 0.288. The number of pyridine rings is 1. The van der Waals surface area contributed by atoms with E-state index in [9.17, 15) is 8.42 Å². The van der Waals surface area contributed by atoms with Gasteiger partial charge in [0.1, 0.15) is 5.69 Å². The van der Waals surface area contributed by atoms with Gasteiger partial charge in [-0.05, 0) is 66.5 Å². The number of aromatic nitrogens is 1. The summed E-state index contributed by atoms with van der Waals surface area (Å²) in [6.07, 6.45) is 6.32. The first-order valence-corrected chi connectivity index (χ1v) is 11.4. The second-order valence-corrected chi connectivity index (χ2v) is 9.13. The minimum absolute atomic E-state index is 0.195. The normalized spacial score (nSPS) is 15.4. The monoisotopic (exact) mass is 453 g/mol. The van der Waals surface area contributed by atoms with Crippen LogP contribution in [0.5, 0.6) is 5.88 Å². The van der Waals surface area contributed by atoms with Gasteiger partial charge >= 0.3 is 0 Å². The Hall–Kier alpha value is -1.64. The minimum Gasteiger partial charge on any atom is -0.476 e. The molecule has 0 aliphatic carbocycles. The van der Waals surface area contributed by atoms with Crippen LogP contribution in [0.15, 0.2) is 52.0 Å². The standard InChI is InChI=1S/C19H24BrN3O3S/c20-16-14-18(22-27(24,25)17-8-3-1-4-9-17)19(21-15-16)26-13-7-12-23-10-5-2-6-11-23/h1,3-4,8-9,14-15,22H,2,5-7,10-13H2. The SMILES string of the molecule is O=S(=O)(Nc1cc(Br)cnc1OCCCN1CCCCC1)c1ccccc1. The Morgan fingerprint density at radius 3 is 2.63 bits per heavy atom. The molecule has 0 atom stereocenters. The van der Waals surface area contributed by atoms with Gasteiger partial charge in [-0.1, -0.05) is 24.6 Å². The number of nitrogens with one attached hydrogen (secondary N) is 1. The molecule has 1 N–H and O–H groups in total. The molecule has 1 aromatic heterocycles. The third-order valence-corrected chi connectivity index (χ3v) is 6.24. The predicted molar refractivity (Wildman–Crippen MR) is 110 cm³/mol. The third-order valence-electron chi connectivity index (χ3n) is 4.42. The lowest BCUT2D eigenvalue weighted by atomic mass is 10.1. The van der Waals surface area contributed by atoms with E-state index in [0.717, 1.165) is 26.1 Å². The van der Waals surface area contributed by atoms with Gasteiger partial charge in [0.15, 0.2) is 0 Å². The Balaban J connectivity index is 1.62. The summed E-state index contributed by atoms with van der Waals surface area (Å²) in [4.78, 5) is 6.87. The zero-order valence-corrected chi connectivity index (χ0v) is 17.5. The van der Waals surface area contributed by atoms with E-state index in [-0.39, 0.29) is 10.8 Å². The van der Waals surface area contributed by atoms with Crippen LogP contribution < -0.4 is 9.46 Å². The first-order chi connectivity index (χ1) is 13.0. The summed E-state index contributed by atoms with van der Waals surface area (Å²) in [6.45, 7) is 3.78. The summed E-state index contributed by atoms with van der Waals surface area (Å²) in [6, 6.07) is 9.90. The Morgan fingerprint density at radius 1 is 1.15 bits per heavy atom. The molecule has 0 spiro atoms. The Morgan fingerprint density at radius 2 is 1.89 bits per heavy atom. The van der Waals surface area contributed by atoms with Crippen LogP contribution in [0.4, 0.5) is 5.69 Å². The van der Waals surface area contributed by atoms with Crippen molar-refractivity contribution in [3.05, 3.63) is 47.1 Å². The van der Waals surface area contributed by atoms with Crippen LogP contribution in [-0.2, 0) is 10.0 Å². The van der Waals surface area contributed by atoms with Crippen LogP contribution in [0, 0.1) is 0 Å². The maximum atomic E-state index is 12.6. The molecule has 1 fully saturated rings. The summed E-state index contributed by atoms with van der Waals surface area (Å²) in [5, 5.41) is 0. The summed E-state index contributed by atoms with van der Waals surface area (Å²) in [5.41, 5.74) is 0.325. The lowest BCUT2D eigenvalue weighted by Gasteiger charge is -2.26. The molecular weight excluding hydrogens is 430 g/mol. The quantitative estimate of drug-likeness (QED) is 0.613. The molecule has 1 saturated heterocycles. The number of nitrogens with zero attached hydrogens (tertiary/aromatic N) is 2. The van der Waals surface area contributed by atoms with E-state index < -0.39 is 10.0 Å². The Labute approximate surface area is 169 Å². The van der Waals surface area contributed by atoms with Gasteiger partial charge in [-0.3, -0.25) is 4.72 Å². The molecule has 0 radical (unpaired) electrons. The topological polar surface area (TPSA) is 71.5 Å². The van der Waals surface area contributed by atoms with E-state index in [2.05, 4.69) is 30.5 Å². The van der Waals surface area contributed by atoms with Gasteiger partial charge in [0.25, 0.3) is 10.0 Å². The van der Waals surface area contributed by atoms with E-state index >= 15 is 0 Å². The van der Waals surface area contributed by atoms with Crippen LogP contribution in [0.1, 0.15) is 25.7 Å². The highest BCUT2D eigenvalue weighted by molar-refractivity contribution is 9.10. The summed E-state index contributed by atoms with van der Waals surface area (Å²) < 4.78 is 34.2. The van der Waals surface area contributed by atoms with Crippen LogP contribution in [0.2, 0.25) is 0 Å². The Kier molecular flexibility index (Phi) is 7.09. The first kappa shape index (κ1) is 20.1. The van der Waals surface area contributed by atoms with Gasteiger partial charge < -0.3 is 9.64 Å². The number of likely N-dealkylation sites (tertiary alicyclic amines) is 1. The first-order valence-electron chi connectivity index (χ1n) is 9.13. The molecule has 2 aromatic rings. The zero-order valence-electron chi connectivity index (χ0n) is 15.1. The van der Waals surface area contributed by atoms with Gasteiger partial charge in [-0.25, -0.2) is 13.4 Å². The number of ether oxygens (including phenoxy) is 1. The number of rotatable bonds is 8. The largest absolute Gasteiger partial charge is 0.476 e.